The molecule has 0 saturated heterocycles. The van der Waals surface area contributed by atoms with Gasteiger partial charge < -0.3 is 4.52 Å². The molecule has 4 rings (SSSR count). The quantitative estimate of drug-likeness (QED) is 0.516. The minimum Gasteiger partial charge on any atom is -0.364 e. The van der Waals surface area contributed by atoms with Gasteiger partial charge in [-0.05, 0) is 11.6 Å². The van der Waals surface area contributed by atoms with E-state index in [9.17, 15) is 4.79 Å². The fourth-order valence-electron chi connectivity index (χ4n) is 2.75. The Bertz CT molecular complexity index is 926. The van der Waals surface area contributed by atoms with Gasteiger partial charge in [-0.25, -0.2) is 0 Å². The molecule has 1 heterocycles. The third-order valence-corrected chi connectivity index (χ3v) is 3.90. The number of hydrogen-bond donors (Lipinski definition) is 0. The molecule has 0 amide bonds. The van der Waals surface area contributed by atoms with Gasteiger partial charge in [-0.1, -0.05) is 71.9 Å². The second-order valence-electron chi connectivity index (χ2n) is 5.30. The molecule has 1 aliphatic heterocycles. The number of aromatic nitrogens is 1. The highest BCUT2D eigenvalue weighted by Crippen LogP contribution is 2.36. The number of nitrogens with zero attached hydrogens (tertiary/aromatic N) is 1. The Morgan fingerprint density at radius 3 is 2.22 bits per heavy atom. The number of hydrogen-bond acceptors (Lipinski definition) is 3. The number of benzene rings is 2. The van der Waals surface area contributed by atoms with Crippen molar-refractivity contribution < 1.29 is 9.32 Å². The van der Waals surface area contributed by atoms with E-state index in [1.54, 1.807) is 18.4 Å². The van der Waals surface area contributed by atoms with Crippen LogP contribution in [0.2, 0.25) is 0 Å². The van der Waals surface area contributed by atoms with E-state index in [0.29, 0.717) is 16.8 Å². The van der Waals surface area contributed by atoms with E-state index in [4.69, 9.17) is 4.52 Å². The first-order valence-corrected chi connectivity index (χ1v) is 7.37. The molecular weight excluding hydrogens is 286 g/mol. The zero-order chi connectivity index (χ0) is 15.6. The van der Waals surface area contributed by atoms with Gasteiger partial charge in [0.25, 0.3) is 0 Å². The number of ketones is 1. The summed E-state index contributed by atoms with van der Waals surface area (Å²) in [5, 5.41) is 4.08. The summed E-state index contributed by atoms with van der Waals surface area (Å²) in [7, 11) is 0. The van der Waals surface area contributed by atoms with Crippen LogP contribution in [0.3, 0.4) is 0 Å². The van der Waals surface area contributed by atoms with E-state index in [2.05, 4.69) is 5.16 Å². The fourth-order valence-corrected chi connectivity index (χ4v) is 2.75. The zero-order valence-corrected chi connectivity index (χ0v) is 12.3. The zero-order valence-electron chi connectivity index (χ0n) is 12.3. The van der Waals surface area contributed by atoms with Crippen LogP contribution < -0.4 is 0 Å². The van der Waals surface area contributed by atoms with Crippen LogP contribution in [0.25, 0.3) is 22.4 Å². The van der Waals surface area contributed by atoms with Gasteiger partial charge in [0, 0.05) is 16.7 Å². The van der Waals surface area contributed by atoms with E-state index >= 15 is 0 Å². The molecule has 0 N–H and O–H groups in total. The first-order valence-electron chi connectivity index (χ1n) is 7.37. The van der Waals surface area contributed by atoms with Gasteiger partial charge >= 0.3 is 0 Å². The molecule has 0 bridgehead atoms. The topological polar surface area (TPSA) is 43.1 Å². The maximum atomic E-state index is 12.7. The van der Waals surface area contributed by atoms with Crippen molar-refractivity contribution in [1.82, 2.24) is 5.16 Å². The largest absolute Gasteiger partial charge is 0.364 e. The van der Waals surface area contributed by atoms with Crippen molar-refractivity contribution in [1.29, 1.82) is 0 Å². The predicted octanol–water partition coefficient (Wildman–Crippen LogP) is 4.68. The Balaban J connectivity index is 1.81. The molecule has 3 heteroatoms. The molecule has 2 aromatic carbocycles. The molecular formula is C20H13NO2. The van der Waals surface area contributed by atoms with Gasteiger partial charge in [-0.15, -0.1) is 0 Å². The van der Waals surface area contributed by atoms with Gasteiger partial charge in [-0.2, -0.15) is 0 Å². The third-order valence-electron chi connectivity index (χ3n) is 3.90. The maximum Gasteiger partial charge on any atom is 0.195 e. The highest BCUT2D eigenvalue weighted by atomic mass is 16.4. The molecule has 0 radical (unpaired) electrons. The molecule has 0 atom stereocenters. The average molecular weight is 299 g/mol. The smallest absolute Gasteiger partial charge is 0.195 e. The SMILES string of the molecule is O=C(c1ccccc1)c1ccc2c(-c3ccccc3)conc1-2. The van der Waals surface area contributed by atoms with E-state index in [1.807, 2.05) is 60.7 Å². The van der Waals surface area contributed by atoms with Crippen molar-refractivity contribution >= 4 is 5.78 Å². The summed E-state index contributed by atoms with van der Waals surface area (Å²) in [5.74, 6) is -0.0477. The minimum atomic E-state index is -0.0477. The van der Waals surface area contributed by atoms with Crippen LogP contribution in [0.1, 0.15) is 15.9 Å². The maximum absolute atomic E-state index is 12.7. The standard InChI is InChI=1S/C20H13NO2/c22-20(15-9-5-2-6-10-15)17-12-11-16-18(13-23-21-19(16)17)14-7-3-1-4-8-14/h1-13H. The van der Waals surface area contributed by atoms with Crippen molar-refractivity contribution in [3.8, 4) is 22.4 Å². The van der Waals surface area contributed by atoms with Gasteiger partial charge in [0.1, 0.15) is 12.0 Å². The average Bonchev–Trinajstić information content (AvgIpc) is 3.06. The fraction of sp³-hybridized carbons (Fsp3) is 0. The van der Waals surface area contributed by atoms with E-state index < -0.39 is 0 Å². The van der Waals surface area contributed by atoms with Crippen molar-refractivity contribution in [2.45, 2.75) is 0 Å². The lowest BCUT2D eigenvalue weighted by Crippen LogP contribution is -2.02. The molecule has 2 aromatic rings. The Hall–Kier alpha value is -3.20. The van der Waals surface area contributed by atoms with Crippen molar-refractivity contribution in [3.63, 3.8) is 0 Å². The van der Waals surface area contributed by atoms with Crippen LogP contribution in [-0.4, -0.2) is 10.9 Å². The molecule has 2 aliphatic rings. The number of carbonyl (C=O) groups excluding carboxylic acids is 1. The molecule has 0 aromatic heterocycles. The number of carbonyl (C=O) groups is 1. The van der Waals surface area contributed by atoms with Gasteiger partial charge in [0.15, 0.2) is 5.78 Å². The Labute approximate surface area is 133 Å². The lowest BCUT2D eigenvalue weighted by Gasteiger charge is -2.07. The van der Waals surface area contributed by atoms with Crippen LogP contribution in [0.15, 0.2) is 83.6 Å². The Morgan fingerprint density at radius 1 is 0.783 bits per heavy atom. The van der Waals surface area contributed by atoms with Crippen LogP contribution in [-0.2, 0) is 0 Å². The summed E-state index contributed by atoms with van der Waals surface area (Å²) in [4.78, 5) is 12.7. The molecule has 23 heavy (non-hydrogen) atoms. The predicted molar refractivity (Wildman–Crippen MR) is 88.4 cm³/mol. The monoisotopic (exact) mass is 299 g/mol. The van der Waals surface area contributed by atoms with Crippen molar-refractivity contribution in [2.24, 2.45) is 0 Å². The first kappa shape index (κ1) is 13.5. The highest BCUT2D eigenvalue weighted by Gasteiger charge is 2.22. The molecule has 110 valence electrons. The summed E-state index contributed by atoms with van der Waals surface area (Å²) in [6, 6.07) is 22.9. The van der Waals surface area contributed by atoms with E-state index in [1.165, 1.54) is 0 Å². The van der Waals surface area contributed by atoms with Crippen molar-refractivity contribution in [2.75, 3.05) is 0 Å². The molecule has 1 aliphatic carbocycles. The number of fused-ring (bicyclic) bond motifs is 1. The molecule has 3 nitrogen and oxygen atoms in total. The Morgan fingerprint density at radius 2 is 1.48 bits per heavy atom. The normalized spacial score (nSPS) is 10.8. The van der Waals surface area contributed by atoms with Gasteiger partial charge in [-0.3, -0.25) is 4.79 Å². The van der Waals surface area contributed by atoms with Gasteiger partial charge in [0.05, 0.1) is 5.56 Å². The molecule has 0 saturated carbocycles. The Kier molecular flexibility index (Phi) is 3.24. The summed E-state index contributed by atoms with van der Waals surface area (Å²) in [5.41, 5.74) is 4.69. The lowest BCUT2D eigenvalue weighted by molar-refractivity contribution is 0.103. The third kappa shape index (κ3) is 2.32. The van der Waals surface area contributed by atoms with Crippen LogP contribution in [0, 0.1) is 0 Å². The summed E-state index contributed by atoms with van der Waals surface area (Å²) < 4.78 is 5.26. The van der Waals surface area contributed by atoms with Gasteiger partial charge in [0.2, 0.25) is 0 Å². The molecule has 0 unspecified atom stereocenters. The second-order valence-corrected chi connectivity index (χ2v) is 5.30. The second kappa shape index (κ2) is 5.54. The van der Waals surface area contributed by atoms with Crippen LogP contribution in [0.5, 0.6) is 0 Å². The minimum absolute atomic E-state index is 0.0477. The van der Waals surface area contributed by atoms with Crippen LogP contribution in [0.4, 0.5) is 0 Å². The highest BCUT2D eigenvalue weighted by molar-refractivity contribution is 6.13. The van der Waals surface area contributed by atoms with Crippen LogP contribution >= 0.6 is 0 Å². The number of rotatable bonds is 3. The summed E-state index contributed by atoms with van der Waals surface area (Å²) >= 11 is 0. The molecule has 0 spiro atoms. The van der Waals surface area contributed by atoms with E-state index in [0.717, 1.165) is 16.7 Å². The molecule has 0 fully saturated rings. The lowest BCUT2D eigenvalue weighted by atomic mass is 9.99. The summed E-state index contributed by atoms with van der Waals surface area (Å²) in [6.45, 7) is 0. The first-order chi connectivity index (χ1) is 11.3. The van der Waals surface area contributed by atoms with E-state index in [-0.39, 0.29) is 5.78 Å². The van der Waals surface area contributed by atoms with Crippen molar-refractivity contribution in [3.05, 3.63) is 90.2 Å². The summed E-state index contributed by atoms with van der Waals surface area (Å²) in [6.07, 6.45) is 1.62.